The number of nitrogens with zero attached hydrogens (tertiary/aromatic N) is 3. The van der Waals surface area contributed by atoms with Crippen LogP contribution in [0.3, 0.4) is 0 Å². The van der Waals surface area contributed by atoms with Crippen LogP contribution in [0.5, 0.6) is 0 Å². The van der Waals surface area contributed by atoms with Crippen LogP contribution in [0.1, 0.15) is 32.3 Å². The zero-order valence-corrected chi connectivity index (χ0v) is 16.6. The summed E-state index contributed by atoms with van der Waals surface area (Å²) in [4.78, 5) is 14.1. The predicted molar refractivity (Wildman–Crippen MR) is 102 cm³/mol. The van der Waals surface area contributed by atoms with Gasteiger partial charge in [0.05, 0.1) is 21.3 Å². The molecule has 1 saturated heterocycles. The number of sulfone groups is 1. The first kappa shape index (κ1) is 19.9. The number of urea groups is 1. The van der Waals surface area contributed by atoms with Gasteiger partial charge in [0.25, 0.3) is 0 Å². The molecule has 2 amide bonds. The molecule has 1 aliphatic heterocycles. The molecule has 0 aliphatic carbocycles. The lowest BCUT2D eigenvalue weighted by atomic mass is 9.86. The van der Waals surface area contributed by atoms with Crippen molar-refractivity contribution in [3.8, 4) is 6.07 Å². The van der Waals surface area contributed by atoms with Crippen molar-refractivity contribution in [2.75, 3.05) is 18.4 Å². The number of nitriles is 1. The zero-order valence-electron chi connectivity index (χ0n) is 15.8. The van der Waals surface area contributed by atoms with Gasteiger partial charge >= 0.3 is 6.03 Å². The summed E-state index contributed by atoms with van der Waals surface area (Å²) in [6.45, 7) is 4.34. The molecule has 2 aromatic rings. The van der Waals surface area contributed by atoms with Crippen LogP contribution in [-0.2, 0) is 9.84 Å². The summed E-state index contributed by atoms with van der Waals surface area (Å²) in [5.74, 6) is 0.228. The minimum absolute atomic E-state index is 0.112. The van der Waals surface area contributed by atoms with E-state index < -0.39 is 14.6 Å². The van der Waals surface area contributed by atoms with E-state index in [1.807, 2.05) is 6.07 Å². The molecule has 1 aliphatic rings. The van der Waals surface area contributed by atoms with E-state index in [4.69, 9.17) is 9.78 Å². The highest BCUT2D eigenvalue weighted by Crippen LogP contribution is 2.38. The summed E-state index contributed by atoms with van der Waals surface area (Å²) in [5, 5.41) is 15.4. The van der Waals surface area contributed by atoms with Gasteiger partial charge in [-0.25, -0.2) is 13.2 Å². The summed E-state index contributed by atoms with van der Waals surface area (Å²) in [6.07, 6.45) is 2.50. The summed E-state index contributed by atoms with van der Waals surface area (Å²) in [7, 11) is -3.64. The second-order valence-electron chi connectivity index (χ2n) is 7.32. The number of carbonyl (C=O) groups is 1. The highest BCUT2D eigenvalue weighted by atomic mass is 32.2. The summed E-state index contributed by atoms with van der Waals surface area (Å²) in [5.41, 5.74) is 0.316. The maximum atomic E-state index is 13.2. The van der Waals surface area contributed by atoms with E-state index in [1.165, 1.54) is 18.4 Å². The summed E-state index contributed by atoms with van der Waals surface area (Å²) < 4.78 is 30.1. The van der Waals surface area contributed by atoms with Crippen molar-refractivity contribution >= 4 is 21.7 Å². The lowest BCUT2D eigenvalue weighted by Crippen LogP contribution is -2.48. The van der Waals surface area contributed by atoms with E-state index in [-0.39, 0.29) is 16.8 Å². The quantitative estimate of drug-likeness (QED) is 0.840. The van der Waals surface area contributed by atoms with Gasteiger partial charge in [-0.2, -0.15) is 5.26 Å². The molecule has 1 fully saturated rings. The number of piperidine rings is 1. The molecule has 9 heteroatoms. The maximum Gasteiger partial charge on any atom is 0.323 e. The molecule has 0 saturated carbocycles. The van der Waals surface area contributed by atoms with Crippen molar-refractivity contribution in [2.24, 2.45) is 5.92 Å². The van der Waals surface area contributed by atoms with Gasteiger partial charge in [0.15, 0.2) is 15.7 Å². The summed E-state index contributed by atoms with van der Waals surface area (Å²) >= 11 is 0. The van der Waals surface area contributed by atoms with Crippen LogP contribution in [0.4, 0.5) is 10.6 Å². The number of amides is 2. The van der Waals surface area contributed by atoms with Crippen LogP contribution in [0.15, 0.2) is 46.0 Å². The van der Waals surface area contributed by atoms with Gasteiger partial charge in [0, 0.05) is 19.2 Å². The van der Waals surface area contributed by atoms with Crippen molar-refractivity contribution in [3.05, 3.63) is 42.2 Å². The smallest absolute Gasteiger partial charge is 0.323 e. The van der Waals surface area contributed by atoms with Gasteiger partial charge in [-0.3, -0.25) is 5.32 Å². The van der Waals surface area contributed by atoms with Crippen LogP contribution < -0.4 is 5.32 Å². The van der Waals surface area contributed by atoms with Crippen molar-refractivity contribution in [3.63, 3.8) is 0 Å². The molecule has 0 unspecified atom stereocenters. The third kappa shape index (κ3) is 3.73. The standard InChI is InChI=1S/C19H22N4O4S/c1-19(2,28(25,26)16-5-3-4-14(12-16)13-20)15-6-9-23(10-7-15)18(24)21-17-8-11-27-22-17/h3-5,8,11-12,15H,6-7,9-10H2,1-2H3,(H,21,22,24). The molecule has 1 aromatic carbocycles. The molecular weight excluding hydrogens is 380 g/mol. The molecule has 0 spiro atoms. The average Bonchev–Trinajstić information content (AvgIpc) is 3.21. The molecule has 0 atom stereocenters. The van der Waals surface area contributed by atoms with E-state index in [0.29, 0.717) is 37.3 Å². The monoisotopic (exact) mass is 402 g/mol. The normalized spacial score (nSPS) is 15.8. The first-order valence-electron chi connectivity index (χ1n) is 8.97. The van der Waals surface area contributed by atoms with Crippen LogP contribution >= 0.6 is 0 Å². The highest BCUT2D eigenvalue weighted by molar-refractivity contribution is 7.92. The Morgan fingerprint density at radius 3 is 2.64 bits per heavy atom. The number of hydrogen-bond donors (Lipinski definition) is 1. The van der Waals surface area contributed by atoms with Gasteiger partial charge in [0.2, 0.25) is 0 Å². The Morgan fingerprint density at radius 2 is 2.04 bits per heavy atom. The van der Waals surface area contributed by atoms with Crippen LogP contribution in [-0.4, -0.2) is 42.3 Å². The number of anilines is 1. The molecular formula is C19H22N4O4S. The first-order chi connectivity index (χ1) is 13.3. The predicted octanol–water partition coefficient (Wildman–Crippen LogP) is 3.04. The number of nitrogens with one attached hydrogen (secondary N) is 1. The van der Waals surface area contributed by atoms with Gasteiger partial charge in [-0.15, -0.1) is 0 Å². The zero-order chi connectivity index (χ0) is 20.4. The second-order valence-corrected chi connectivity index (χ2v) is 9.85. The topological polar surface area (TPSA) is 116 Å². The number of aromatic nitrogens is 1. The fraction of sp³-hybridized carbons (Fsp3) is 0.421. The highest BCUT2D eigenvalue weighted by Gasteiger charge is 2.44. The second kappa shape index (κ2) is 7.64. The largest absolute Gasteiger partial charge is 0.363 e. The Balaban J connectivity index is 1.70. The van der Waals surface area contributed by atoms with Crippen molar-refractivity contribution in [1.82, 2.24) is 10.1 Å². The van der Waals surface area contributed by atoms with E-state index >= 15 is 0 Å². The Hall–Kier alpha value is -2.86. The van der Waals surface area contributed by atoms with Crippen molar-refractivity contribution in [2.45, 2.75) is 36.3 Å². The molecule has 148 valence electrons. The fourth-order valence-electron chi connectivity index (χ4n) is 3.50. The number of rotatable bonds is 4. The SMILES string of the molecule is CC(C)(C1CCN(C(=O)Nc2ccon2)CC1)S(=O)(=O)c1cccc(C#N)c1. The Bertz CT molecular complexity index is 985. The number of benzene rings is 1. The average molecular weight is 402 g/mol. The third-order valence-corrected chi connectivity index (χ3v) is 8.00. The van der Waals surface area contributed by atoms with E-state index in [2.05, 4.69) is 10.5 Å². The Labute approximate surface area is 164 Å². The lowest BCUT2D eigenvalue weighted by molar-refractivity contribution is 0.171. The van der Waals surface area contributed by atoms with Gasteiger partial charge in [0.1, 0.15) is 6.26 Å². The van der Waals surface area contributed by atoms with Gasteiger partial charge in [-0.1, -0.05) is 11.2 Å². The molecule has 1 aromatic heterocycles. The molecule has 0 bridgehead atoms. The number of hydrogen-bond acceptors (Lipinski definition) is 6. The minimum atomic E-state index is -3.64. The molecule has 1 N–H and O–H groups in total. The number of carbonyl (C=O) groups excluding carboxylic acids is 1. The fourth-order valence-corrected chi connectivity index (χ4v) is 5.32. The molecule has 28 heavy (non-hydrogen) atoms. The minimum Gasteiger partial charge on any atom is -0.363 e. The first-order valence-corrected chi connectivity index (χ1v) is 10.4. The van der Waals surface area contributed by atoms with E-state index in [1.54, 1.807) is 36.9 Å². The Morgan fingerprint density at radius 1 is 1.32 bits per heavy atom. The number of likely N-dealkylation sites (tertiary alicyclic amines) is 1. The van der Waals surface area contributed by atoms with E-state index in [0.717, 1.165) is 0 Å². The van der Waals surface area contributed by atoms with Gasteiger partial charge < -0.3 is 9.42 Å². The molecule has 8 nitrogen and oxygen atoms in total. The maximum absolute atomic E-state index is 13.2. The Kier molecular flexibility index (Phi) is 5.42. The summed E-state index contributed by atoms with van der Waals surface area (Å²) in [6, 6.07) is 9.35. The lowest BCUT2D eigenvalue weighted by Gasteiger charge is -2.40. The van der Waals surface area contributed by atoms with Crippen molar-refractivity contribution < 1.29 is 17.7 Å². The van der Waals surface area contributed by atoms with Gasteiger partial charge in [-0.05, 0) is 50.8 Å². The third-order valence-electron chi connectivity index (χ3n) is 5.40. The van der Waals surface area contributed by atoms with Crippen LogP contribution in [0.2, 0.25) is 0 Å². The molecule has 3 rings (SSSR count). The van der Waals surface area contributed by atoms with Crippen LogP contribution in [0, 0.1) is 17.2 Å². The van der Waals surface area contributed by atoms with Crippen molar-refractivity contribution in [1.29, 1.82) is 5.26 Å². The van der Waals surface area contributed by atoms with Crippen LogP contribution in [0.25, 0.3) is 0 Å². The molecule has 2 heterocycles. The van der Waals surface area contributed by atoms with E-state index in [9.17, 15) is 13.2 Å². The molecule has 0 radical (unpaired) electrons.